The molecule has 5 heteroatoms. The minimum Gasteiger partial charge on any atom is -0.326 e. The first-order chi connectivity index (χ1) is 9.04. The van der Waals surface area contributed by atoms with Crippen LogP contribution < -0.4 is 5.32 Å². The van der Waals surface area contributed by atoms with Gasteiger partial charge in [-0.3, -0.25) is 14.9 Å². The fourth-order valence-corrected chi connectivity index (χ4v) is 3.06. The van der Waals surface area contributed by atoms with E-state index in [9.17, 15) is 14.9 Å². The van der Waals surface area contributed by atoms with Gasteiger partial charge in [0.15, 0.2) is 0 Å². The maximum Gasteiger partial charge on any atom is 0.274 e. The molecule has 100 valence electrons. The van der Waals surface area contributed by atoms with E-state index in [2.05, 4.69) is 5.32 Å². The van der Waals surface area contributed by atoms with Crippen molar-refractivity contribution in [3.8, 4) is 0 Å². The second-order valence-corrected chi connectivity index (χ2v) is 5.67. The molecule has 0 aromatic heterocycles. The average molecular weight is 260 g/mol. The molecule has 1 aromatic rings. The average Bonchev–Trinajstić information content (AvgIpc) is 2.98. The van der Waals surface area contributed by atoms with Gasteiger partial charge in [-0.15, -0.1) is 0 Å². The van der Waals surface area contributed by atoms with Crippen LogP contribution in [0.1, 0.15) is 24.8 Å². The Balaban J connectivity index is 1.70. The van der Waals surface area contributed by atoms with E-state index in [1.165, 1.54) is 12.5 Å². The standard InChI is InChI=1S/C14H16N2O3/c1-8-2-3-12(7-13(8)16(18)19)15-14(17)11-5-9-4-10(9)6-11/h2-3,7,9-11H,4-6H2,1H3,(H,15,17). The maximum absolute atomic E-state index is 12.1. The van der Waals surface area contributed by atoms with E-state index in [4.69, 9.17) is 0 Å². The quantitative estimate of drug-likeness (QED) is 0.671. The van der Waals surface area contributed by atoms with Crippen molar-refractivity contribution in [1.82, 2.24) is 0 Å². The van der Waals surface area contributed by atoms with Gasteiger partial charge in [0.25, 0.3) is 5.69 Å². The van der Waals surface area contributed by atoms with Gasteiger partial charge in [-0.2, -0.15) is 0 Å². The summed E-state index contributed by atoms with van der Waals surface area (Å²) >= 11 is 0. The number of rotatable bonds is 3. The molecule has 0 spiro atoms. The molecule has 1 amide bonds. The highest BCUT2D eigenvalue weighted by molar-refractivity contribution is 5.93. The number of nitrogens with zero attached hydrogens (tertiary/aromatic N) is 1. The Labute approximate surface area is 111 Å². The van der Waals surface area contributed by atoms with Crippen LogP contribution in [0.25, 0.3) is 0 Å². The predicted molar refractivity (Wildman–Crippen MR) is 70.8 cm³/mol. The summed E-state index contributed by atoms with van der Waals surface area (Å²) in [7, 11) is 0. The van der Waals surface area contributed by atoms with E-state index in [-0.39, 0.29) is 17.5 Å². The van der Waals surface area contributed by atoms with Gasteiger partial charge in [-0.1, -0.05) is 6.07 Å². The second kappa shape index (κ2) is 4.33. The normalized spacial score (nSPS) is 27.7. The molecule has 0 heterocycles. The molecule has 2 aliphatic rings. The highest BCUT2D eigenvalue weighted by Gasteiger charge is 2.47. The molecule has 5 nitrogen and oxygen atoms in total. The first-order valence-corrected chi connectivity index (χ1v) is 6.60. The van der Waals surface area contributed by atoms with Gasteiger partial charge < -0.3 is 5.32 Å². The lowest BCUT2D eigenvalue weighted by Crippen LogP contribution is -2.21. The zero-order valence-electron chi connectivity index (χ0n) is 10.8. The van der Waals surface area contributed by atoms with Gasteiger partial charge in [0.1, 0.15) is 0 Å². The van der Waals surface area contributed by atoms with Crippen molar-refractivity contribution >= 4 is 17.3 Å². The molecule has 2 atom stereocenters. The molecule has 2 aliphatic carbocycles. The number of benzene rings is 1. The zero-order chi connectivity index (χ0) is 13.6. The molecule has 0 aliphatic heterocycles. The van der Waals surface area contributed by atoms with E-state index >= 15 is 0 Å². The number of nitro benzene ring substituents is 1. The summed E-state index contributed by atoms with van der Waals surface area (Å²) < 4.78 is 0. The number of nitrogens with one attached hydrogen (secondary N) is 1. The minimum absolute atomic E-state index is 0.00495. The van der Waals surface area contributed by atoms with E-state index in [0.29, 0.717) is 11.3 Å². The molecule has 2 unspecified atom stereocenters. The van der Waals surface area contributed by atoms with Crippen LogP contribution in [0.4, 0.5) is 11.4 Å². The number of aryl methyl sites for hydroxylation is 1. The molecule has 0 bridgehead atoms. The molecule has 19 heavy (non-hydrogen) atoms. The number of amides is 1. The smallest absolute Gasteiger partial charge is 0.274 e. The third-order valence-electron chi connectivity index (χ3n) is 4.29. The summed E-state index contributed by atoms with van der Waals surface area (Å²) in [6, 6.07) is 4.82. The Morgan fingerprint density at radius 1 is 1.32 bits per heavy atom. The van der Waals surface area contributed by atoms with Gasteiger partial charge in [-0.25, -0.2) is 0 Å². The Bertz CT molecular complexity index is 546. The third kappa shape index (κ3) is 2.32. The molecular formula is C14H16N2O3. The maximum atomic E-state index is 12.1. The summed E-state index contributed by atoms with van der Waals surface area (Å²) in [5, 5.41) is 13.7. The number of hydrogen-bond donors (Lipinski definition) is 1. The molecule has 1 aromatic carbocycles. The second-order valence-electron chi connectivity index (χ2n) is 5.67. The molecule has 2 fully saturated rings. The minimum atomic E-state index is -0.421. The van der Waals surface area contributed by atoms with Crippen molar-refractivity contribution in [1.29, 1.82) is 0 Å². The van der Waals surface area contributed by atoms with E-state index < -0.39 is 4.92 Å². The highest BCUT2D eigenvalue weighted by atomic mass is 16.6. The molecule has 0 radical (unpaired) electrons. The van der Waals surface area contributed by atoms with Crippen LogP contribution in [0.2, 0.25) is 0 Å². The Kier molecular flexibility index (Phi) is 2.77. The van der Waals surface area contributed by atoms with Gasteiger partial charge in [0.05, 0.1) is 4.92 Å². The van der Waals surface area contributed by atoms with Gasteiger partial charge in [0, 0.05) is 23.2 Å². The summed E-state index contributed by atoms with van der Waals surface area (Å²) in [5.41, 5.74) is 1.17. The summed E-state index contributed by atoms with van der Waals surface area (Å²) in [6.45, 7) is 1.69. The number of carbonyl (C=O) groups excluding carboxylic acids is 1. The van der Waals surface area contributed by atoms with Crippen LogP contribution in [0.5, 0.6) is 0 Å². The van der Waals surface area contributed by atoms with Crippen molar-refractivity contribution in [2.45, 2.75) is 26.2 Å². The molecule has 0 saturated heterocycles. The zero-order valence-corrected chi connectivity index (χ0v) is 10.8. The molecular weight excluding hydrogens is 244 g/mol. The van der Waals surface area contributed by atoms with Crippen molar-refractivity contribution in [2.75, 3.05) is 5.32 Å². The lowest BCUT2D eigenvalue weighted by molar-refractivity contribution is -0.385. The Hall–Kier alpha value is -1.91. The largest absolute Gasteiger partial charge is 0.326 e. The summed E-state index contributed by atoms with van der Waals surface area (Å²) in [6.07, 6.45) is 3.23. The third-order valence-corrected chi connectivity index (χ3v) is 4.29. The van der Waals surface area contributed by atoms with Crippen LogP contribution in [0, 0.1) is 34.8 Å². The van der Waals surface area contributed by atoms with E-state index in [1.807, 2.05) is 0 Å². The van der Waals surface area contributed by atoms with E-state index in [0.717, 1.165) is 24.7 Å². The first-order valence-electron chi connectivity index (χ1n) is 6.60. The van der Waals surface area contributed by atoms with Crippen LogP contribution in [-0.4, -0.2) is 10.8 Å². The first kappa shape index (κ1) is 12.1. The number of hydrogen-bond acceptors (Lipinski definition) is 3. The van der Waals surface area contributed by atoms with Gasteiger partial charge in [-0.05, 0) is 44.1 Å². The van der Waals surface area contributed by atoms with Crippen LogP contribution in [-0.2, 0) is 4.79 Å². The number of anilines is 1. The van der Waals surface area contributed by atoms with Gasteiger partial charge >= 0.3 is 0 Å². The summed E-state index contributed by atoms with van der Waals surface area (Å²) in [5.74, 6) is 1.60. The topological polar surface area (TPSA) is 72.2 Å². The van der Waals surface area contributed by atoms with Crippen LogP contribution in [0.15, 0.2) is 18.2 Å². The SMILES string of the molecule is Cc1ccc(NC(=O)C2CC3CC3C2)cc1[N+](=O)[O-]. The lowest BCUT2D eigenvalue weighted by Gasteiger charge is -2.12. The van der Waals surface area contributed by atoms with Crippen molar-refractivity contribution in [2.24, 2.45) is 17.8 Å². The Morgan fingerprint density at radius 2 is 2.00 bits per heavy atom. The molecule has 1 N–H and O–H groups in total. The van der Waals surface area contributed by atoms with Crippen LogP contribution in [0.3, 0.4) is 0 Å². The number of fused-ring (bicyclic) bond motifs is 1. The van der Waals surface area contributed by atoms with Crippen molar-refractivity contribution < 1.29 is 9.72 Å². The highest BCUT2D eigenvalue weighted by Crippen LogP contribution is 2.54. The monoisotopic (exact) mass is 260 g/mol. The fraction of sp³-hybridized carbons (Fsp3) is 0.500. The van der Waals surface area contributed by atoms with E-state index in [1.54, 1.807) is 19.1 Å². The predicted octanol–water partition coefficient (Wildman–Crippen LogP) is 2.89. The number of carbonyl (C=O) groups is 1. The van der Waals surface area contributed by atoms with Crippen molar-refractivity contribution in [3.63, 3.8) is 0 Å². The lowest BCUT2D eigenvalue weighted by atomic mass is 10.0. The molecule has 3 rings (SSSR count). The number of nitro groups is 1. The molecule has 2 saturated carbocycles. The Morgan fingerprint density at radius 3 is 2.63 bits per heavy atom. The summed E-state index contributed by atoms with van der Waals surface area (Å²) in [4.78, 5) is 22.5. The van der Waals surface area contributed by atoms with Gasteiger partial charge in [0.2, 0.25) is 5.91 Å². The van der Waals surface area contributed by atoms with Crippen LogP contribution >= 0.6 is 0 Å². The van der Waals surface area contributed by atoms with Crippen molar-refractivity contribution in [3.05, 3.63) is 33.9 Å². The fourth-order valence-electron chi connectivity index (χ4n) is 3.06.